The van der Waals surface area contributed by atoms with Gasteiger partial charge in [0.1, 0.15) is 5.01 Å². The average molecular weight is 334 g/mol. The number of carbonyl (C=O) groups is 1. The summed E-state index contributed by atoms with van der Waals surface area (Å²) in [4.78, 5) is 14.0. The van der Waals surface area contributed by atoms with Crippen LogP contribution in [0.5, 0.6) is 0 Å². The summed E-state index contributed by atoms with van der Waals surface area (Å²) in [6, 6.07) is 8.23. The van der Waals surface area contributed by atoms with Crippen molar-refractivity contribution >= 4 is 34.7 Å². The molecule has 2 heterocycles. The number of aromatic nitrogens is 2. The molecule has 1 amide bonds. The quantitative estimate of drug-likeness (QED) is 0.870. The summed E-state index contributed by atoms with van der Waals surface area (Å²) in [7, 11) is 0. The van der Waals surface area contributed by atoms with Gasteiger partial charge in [-0.15, -0.1) is 10.2 Å². The molecule has 2 N–H and O–H groups in total. The molecule has 2 aromatic rings. The molecule has 0 saturated carbocycles. The van der Waals surface area contributed by atoms with Crippen LogP contribution in [0.2, 0.25) is 0 Å². The van der Waals surface area contributed by atoms with E-state index in [9.17, 15) is 4.79 Å². The van der Waals surface area contributed by atoms with Gasteiger partial charge in [-0.1, -0.05) is 41.3 Å². The van der Waals surface area contributed by atoms with E-state index >= 15 is 0 Å². The minimum atomic E-state index is -0.250. The molecule has 0 aliphatic carbocycles. The third-order valence-corrected chi connectivity index (χ3v) is 5.89. The predicted octanol–water partition coefficient (Wildman–Crippen LogP) is 2.63. The highest BCUT2D eigenvalue weighted by molar-refractivity contribution is 8.00. The van der Waals surface area contributed by atoms with E-state index in [0.29, 0.717) is 6.54 Å². The summed E-state index contributed by atoms with van der Waals surface area (Å²) < 4.78 is 0.975. The topological polar surface area (TPSA) is 72.1 Å². The van der Waals surface area contributed by atoms with E-state index in [0.717, 1.165) is 27.0 Å². The number of hydrogen-bond acceptors (Lipinski definition) is 6. The Morgan fingerprint density at radius 1 is 1.45 bits per heavy atom. The Hall–Kier alpha value is -1.60. The Kier molecular flexibility index (Phi) is 4.35. The smallest absolute Gasteiger partial charge is 0.225 e. The highest BCUT2D eigenvalue weighted by Gasteiger charge is 2.33. The van der Waals surface area contributed by atoms with Crippen LogP contribution >= 0.6 is 23.1 Å². The largest absolute Gasteiger partial charge is 0.369 e. The molecule has 1 aromatic carbocycles. The molecule has 0 bridgehead atoms. The van der Waals surface area contributed by atoms with Crippen LogP contribution < -0.4 is 10.6 Å². The minimum Gasteiger partial charge on any atom is -0.369 e. The summed E-state index contributed by atoms with van der Waals surface area (Å²) in [5, 5.41) is 9.40. The standard InChI is InChI=1S/C15H18N4OS2/c1-9-7-11(14(16)20)10-5-3-4-6-12(10)19(9)8-13-17-18-15(21-2)22-13/h3-6,9,11H,7-8H2,1-2H3,(H2,16,20)/t9-,11-/m1/s1. The fourth-order valence-corrected chi connectivity index (χ4v) is 4.23. The Bertz CT molecular complexity index is 688. The molecule has 0 spiro atoms. The maximum atomic E-state index is 11.8. The molecule has 1 aliphatic heterocycles. The zero-order valence-corrected chi connectivity index (χ0v) is 14.2. The molecule has 5 nitrogen and oxygen atoms in total. The lowest BCUT2D eigenvalue weighted by molar-refractivity contribution is -0.119. The van der Waals surface area contributed by atoms with Crippen molar-refractivity contribution in [3.63, 3.8) is 0 Å². The predicted molar refractivity (Wildman–Crippen MR) is 90.3 cm³/mol. The van der Waals surface area contributed by atoms with Crippen LogP contribution in [0.25, 0.3) is 0 Å². The number of fused-ring (bicyclic) bond motifs is 1. The molecular weight excluding hydrogens is 316 g/mol. The van der Waals surface area contributed by atoms with Crippen molar-refractivity contribution in [2.45, 2.75) is 36.2 Å². The molecular formula is C15H18N4OS2. The second-order valence-electron chi connectivity index (χ2n) is 5.39. The highest BCUT2D eigenvalue weighted by Crippen LogP contribution is 2.39. The minimum absolute atomic E-state index is 0.210. The van der Waals surface area contributed by atoms with Gasteiger partial charge in [-0.25, -0.2) is 0 Å². The number of thioether (sulfide) groups is 1. The summed E-state index contributed by atoms with van der Waals surface area (Å²) in [6.07, 6.45) is 2.74. The van der Waals surface area contributed by atoms with E-state index in [1.54, 1.807) is 23.1 Å². The van der Waals surface area contributed by atoms with Crippen LogP contribution in [0.1, 0.15) is 29.8 Å². The lowest BCUT2D eigenvalue weighted by Gasteiger charge is -2.39. The van der Waals surface area contributed by atoms with Crippen molar-refractivity contribution < 1.29 is 4.79 Å². The molecule has 22 heavy (non-hydrogen) atoms. The first-order valence-corrected chi connectivity index (χ1v) is 9.15. The van der Waals surface area contributed by atoms with Crippen molar-refractivity contribution in [3.8, 4) is 0 Å². The molecule has 116 valence electrons. The molecule has 0 radical (unpaired) electrons. The Balaban J connectivity index is 1.93. The SMILES string of the molecule is CSc1nnc(CN2c3ccccc3[C@H](C(N)=O)C[C@H]2C)s1. The molecule has 0 fully saturated rings. The number of amides is 1. The van der Waals surface area contributed by atoms with E-state index < -0.39 is 0 Å². The molecule has 2 atom stereocenters. The van der Waals surface area contributed by atoms with Gasteiger partial charge < -0.3 is 10.6 Å². The maximum absolute atomic E-state index is 11.8. The number of nitrogens with zero attached hydrogens (tertiary/aromatic N) is 3. The van der Waals surface area contributed by atoms with Gasteiger partial charge in [0.2, 0.25) is 5.91 Å². The molecule has 1 aliphatic rings. The lowest BCUT2D eigenvalue weighted by atomic mass is 9.85. The monoisotopic (exact) mass is 334 g/mol. The molecule has 3 rings (SSSR count). The second kappa shape index (κ2) is 6.26. The molecule has 0 unspecified atom stereocenters. The first kappa shape index (κ1) is 15.3. The number of para-hydroxylation sites is 1. The van der Waals surface area contributed by atoms with Crippen LogP contribution in [0.15, 0.2) is 28.6 Å². The number of rotatable bonds is 4. The average Bonchev–Trinajstić information content (AvgIpc) is 2.97. The number of anilines is 1. The van der Waals surface area contributed by atoms with E-state index in [1.807, 2.05) is 24.5 Å². The van der Waals surface area contributed by atoms with Gasteiger partial charge >= 0.3 is 0 Å². The van der Waals surface area contributed by atoms with E-state index in [1.165, 1.54) is 0 Å². The van der Waals surface area contributed by atoms with Gasteiger partial charge in [-0.3, -0.25) is 4.79 Å². The van der Waals surface area contributed by atoms with E-state index in [4.69, 9.17) is 5.73 Å². The highest BCUT2D eigenvalue weighted by atomic mass is 32.2. The van der Waals surface area contributed by atoms with Crippen molar-refractivity contribution in [1.82, 2.24) is 10.2 Å². The number of primary amides is 1. The zero-order valence-electron chi connectivity index (χ0n) is 12.5. The van der Waals surface area contributed by atoms with Crippen LogP contribution in [0.3, 0.4) is 0 Å². The van der Waals surface area contributed by atoms with Gasteiger partial charge in [-0.2, -0.15) is 0 Å². The van der Waals surface area contributed by atoms with Gasteiger partial charge in [0.05, 0.1) is 12.5 Å². The number of hydrogen-bond donors (Lipinski definition) is 1. The second-order valence-corrected chi connectivity index (χ2v) is 7.51. The summed E-state index contributed by atoms with van der Waals surface area (Å²) in [5.41, 5.74) is 7.67. The normalized spacial score (nSPS) is 20.7. The Morgan fingerprint density at radius 2 is 2.23 bits per heavy atom. The first-order chi connectivity index (χ1) is 10.6. The summed E-state index contributed by atoms with van der Waals surface area (Å²) in [5.74, 6) is -0.460. The third-order valence-electron chi connectivity index (χ3n) is 4.00. The lowest BCUT2D eigenvalue weighted by Crippen LogP contribution is -2.41. The molecule has 0 saturated heterocycles. The molecule has 7 heteroatoms. The maximum Gasteiger partial charge on any atom is 0.225 e. The van der Waals surface area contributed by atoms with Crippen molar-refractivity contribution in [1.29, 1.82) is 0 Å². The number of benzene rings is 1. The van der Waals surface area contributed by atoms with Crippen LogP contribution in [0.4, 0.5) is 5.69 Å². The summed E-state index contributed by atoms with van der Waals surface area (Å²) >= 11 is 3.23. The molecule has 1 aromatic heterocycles. The zero-order chi connectivity index (χ0) is 15.7. The van der Waals surface area contributed by atoms with Crippen LogP contribution in [0, 0.1) is 0 Å². The Morgan fingerprint density at radius 3 is 2.91 bits per heavy atom. The van der Waals surface area contributed by atoms with E-state index in [-0.39, 0.29) is 17.9 Å². The number of nitrogens with two attached hydrogens (primary N) is 1. The van der Waals surface area contributed by atoms with Crippen LogP contribution in [-0.4, -0.2) is 28.4 Å². The first-order valence-electron chi connectivity index (χ1n) is 7.11. The van der Waals surface area contributed by atoms with E-state index in [2.05, 4.69) is 28.1 Å². The van der Waals surface area contributed by atoms with Gasteiger partial charge in [-0.05, 0) is 31.2 Å². The van der Waals surface area contributed by atoms with Gasteiger partial charge in [0.15, 0.2) is 4.34 Å². The number of carbonyl (C=O) groups excluding carboxylic acids is 1. The summed E-state index contributed by atoms with van der Waals surface area (Å²) in [6.45, 7) is 2.84. The van der Waals surface area contributed by atoms with Gasteiger partial charge in [0.25, 0.3) is 0 Å². The van der Waals surface area contributed by atoms with Crippen molar-refractivity contribution in [2.75, 3.05) is 11.2 Å². The van der Waals surface area contributed by atoms with Crippen LogP contribution in [-0.2, 0) is 11.3 Å². The Labute approximate surface area is 137 Å². The fourth-order valence-electron chi connectivity index (χ4n) is 2.92. The van der Waals surface area contributed by atoms with Crippen molar-refractivity contribution in [3.05, 3.63) is 34.8 Å². The van der Waals surface area contributed by atoms with Crippen molar-refractivity contribution in [2.24, 2.45) is 5.73 Å². The fraction of sp³-hybridized carbons (Fsp3) is 0.400. The third kappa shape index (κ3) is 2.83. The van der Waals surface area contributed by atoms with Gasteiger partial charge in [0, 0.05) is 11.7 Å².